The molecule has 0 saturated carbocycles. The van der Waals surface area contributed by atoms with Crippen LogP contribution in [-0.2, 0) is 11.3 Å². The van der Waals surface area contributed by atoms with E-state index in [-0.39, 0.29) is 6.54 Å². The molecule has 1 unspecified atom stereocenters. The Morgan fingerprint density at radius 3 is 3.20 bits per heavy atom. The van der Waals surface area contributed by atoms with Crippen LogP contribution < -0.4 is 5.32 Å². The highest BCUT2D eigenvalue weighted by molar-refractivity contribution is 6.30. The lowest BCUT2D eigenvalue weighted by Gasteiger charge is -2.32. The van der Waals surface area contributed by atoms with Crippen molar-refractivity contribution in [2.75, 3.05) is 26.2 Å². The minimum atomic E-state index is -0.806. The molecule has 2 heterocycles. The van der Waals surface area contributed by atoms with Crippen molar-refractivity contribution in [3.05, 3.63) is 29.0 Å². The smallest absolute Gasteiger partial charge is 0.317 e. The van der Waals surface area contributed by atoms with Crippen LogP contribution in [0.1, 0.15) is 18.4 Å². The first-order chi connectivity index (χ1) is 9.65. The van der Waals surface area contributed by atoms with Gasteiger partial charge >= 0.3 is 5.97 Å². The maximum absolute atomic E-state index is 10.5. The molecule has 0 amide bonds. The summed E-state index contributed by atoms with van der Waals surface area (Å²) >= 11 is 6.08. The van der Waals surface area contributed by atoms with Gasteiger partial charge in [0.25, 0.3) is 0 Å². The van der Waals surface area contributed by atoms with Gasteiger partial charge in [-0.05, 0) is 37.9 Å². The molecule has 1 saturated heterocycles. The fourth-order valence-corrected chi connectivity index (χ4v) is 2.80. The standard InChI is InChI=1S/C14H20ClN3O2/c15-14-12(4-1-5-17-14)10-18-6-2-3-11(9-18)7-16-8-13(19)20/h1,4-5,11,16H,2-3,6-10H2,(H,19,20). The Hall–Kier alpha value is -1.17. The van der Waals surface area contributed by atoms with Gasteiger partial charge in [0.1, 0.15) is 5.15 Å². The summed E-state index contributed by atoms with van der Waals surface area (Å²) in [6.45, 7) is 3.62. The van der Waals surface area contributed by atoms with Crippen molar-refractivity contribution in [2.45, 2.75) is 19.4 Å². The van der Waals surface area contributed by atoms with Crippen LogP contribution >= 0.6 is 11.6 Å². The molecule has 5 nitrogen and oxygen atoms in total. The molecule has 1 fully saturated rings. The third-order valence-electron chi connectivity index (χ3n) is 3.54. The normalized spacial score (nSPS) is 19.9. The van der Waals surface area contributed by atoms with Gasteiger partial charge in [0.15, 0.2) is 0 Å². The van der Waals surface area contributed by atoms with Gasteiger partial charge < -0.3 is 10.4 Å². The molecule has 1 atom stereocenters. The number of piperidine rings is 1. The molecule has 0 bridgehead atoms. The number of halogens is 1. The summed E-state index contributed by atoms with van der Waals surface area (Å²) in [6.07, 6.45) is 3.97. The number of rotatable bonds is 6. The number of nitrogens with zero attached hydrogens (tertiary/aromatic N) is 2. The number of hydrogen-bond donors (Lipinski definition) is 2. The third-order valence-corrected chi connectivity index (χ3v) is 3.88. The Balaban J connectivity index is 1.81. The molecule has 2 N–H and O–H groups in total. The highest BCUT2D eigenvalue weighted by Crippen LogP contribution is 2.20. The summed E-state index contributed by atoms with van der Waals surface area (Å²) in [4.78, 5) is 16.9. The van der Waals surface area contributed by atoms with Crippen LogP contribution in [0.5, 0.6) is 0 Å². The minimum absolute atomic E-state index is 0.0327. The van der Waals surface area contributed by atoms with Crippen molar-refractivity contribution in [1.82, 2.24) is 15.2 Å². The van der Waals surface area contributed by atoms with Crippen molar-refractivity contribution in [3.63, 3.8) is 0 Å². The minimum Gasteiger partial charge on any atom is -0.480 e. The first-order valence-corrected chi connectivity index (χ1v) is 7.27. The largest absolute Gasteiger partial charge is 0.480 e. The maximum atomic E-state index is 10.5. The second kappa shape index (κ2) is 7.57. The Bertz CT molecular complexity index is 456. The second-order valence-corrected chi connectivity index (χ2v) is 5.58. The van der Waals surface area contributed by atoms with Gasteiger partial charge in [-0.15, -0.1) is 0 Å². The molecule has 0 aliphatic carbocycles. The summed E-state index contributed by atoms with van der Waals surface area (Å²) in [7, 11) is 0. The zero-order valence-electron chi connectivity index (χ0n) is 11.4. The Labute approximate surface area is 123 Å². The van der Waals surface area contributed by atoms with Gasteiger partial charge in [0.2, 0.25) is 0 Å². The number of carbonyl (C=O) groups is 1. The second-order valence-electron chi connectivity index (χ2n) is 5.22. The first-order valence-electron chi connectivity index (χ1n) is 6.89. The van der Waals surface area contributed by atoms with Crippen molar-refractivity contribution >= 4 is 17.6 Å². The zero-order chi connectivity index (χ0) is 14.4. The highest BCUT2D eigenvalue weighted by Gasteiger charge is 2.20. The molecule has 6 heteroatoms. The van der Waals surface area contributed by atoms with Gasteiger partial charge in [0.05, 0.1) is 6.54 Å². The lowest BCUT2D eigenvalue weighted by atomic mass is 9.97. The average molecular weight is 298 g/mol. The monoisotopic (exact) mass is 297 g/mol. The van der Waals surface area contributed by atoms with Crippen molar-refractivity contribution in [1.29, 1.82) is 0 Å². The van der Waals surface area contributed by atoms with E-state index in [4.69, 9.17) is 16.7 Å². The van der Waals surface area contributed by atoms with Crippen molar-refractivity contribution in [3.8, 4) is 0 Å². The number of aliphatic carboxylic acids is 1. The molecule has 1 aliphatic rings. The number of hydrogen-bond acceptors (Lipinski definition) is 4. The molecule has 2 rings (SSSR count). The van der Waals surface area contributed by atoms with E-state index in [2.05, 4.69) is 15.2 Å². The summed E-state index contributed by atoms with van der Waals surface area (Å²) in [5, 5.41) is 12.2. The molecule has 20 heavy (non-hydrogen) atoms. The van der Waals surface area contributed by atoms with Crippen LogP contribution in [0.4, 0.5) is 0 Å². The van der Waals surface area contributed by atoms with E-state index in [1.807, 2.05) is 12.1 Å². The number of nitrogens with one attached hydrogen (secondary N) is 1. The van der Waals surface area contributed by atoms with Gasteiger partial charge in [0, 0.05) is 24.8 Å². The van der Waals surface area contributed by atoms with Gasteiger partial charge in [-0.25, -0.2) is 4.98 Å². The molecule has 1 aromatic rings. The molecule has 0 aromatic carbocycles. The van der Waals surface area contributed by atoms with E-state index >= 15 is 0 Å². The molecule has 1 aromatic heterocycles. The summed E-state index contributed by atoms with van der Waals surface area (Å²) < 4.78 is 0. The van der Waals surface area contributed by atoms with Gasteiger partial charge in [-0.1, -0.05) is 17.7 Å². The molecule has 0 spiro atoms. The maximum Gasteiger partial charge on any atom is 0.317 e. The van der Waals surface area contributed by atoms with Crippen molar-refractivity contribution in [2.24, 2.45) is 5.92 Å². The molecule has 110 valence electrons. The lowest BCUT2D eigenvalue weighted by Crippen LogP contribution is -2.40. The Morgan fingerprint density at radius 1 is 1.60 bits per heavy atom. The molecule has 0 radical (unpaired) electrons. The number of likely N-dealkylation sites (tertiary alicyclic amines) is 1. The molecule has 1 aliphatic heterocycles. The summed E-state index contributed by atoms with van der Waals surface area (Å²) in [6, 6.07) is 3.90. The van der Waals surface area contributed by atoms with Crippen molar-refractivity contribution < 1.29 is 9.90 Å². The van der Waals surface area contributed by atoms with E-state index in [1.165, 1.54) is 0 Å². The van der Waals surface area contributed by atoms with Crippen LogP contribution in [-0.4, -0.2) is 47.1 Å². The van der Waals surface area contributed by atoms with E-state index in [1.54, 1.807) is 6.20 Å². The fourth-order valence-electron chi connectivity index (χ4n) is 2.62. The zero-order valence-corrected chi connectivity index (χ0v) is 12.1. The topological polar surface area (TPSA) is 65.5 Å². The Kier molecular flexibility index (Phi) is 5.76. The predicted octanol–water partition coefficient (Wildman–Crippen LogP) is 1.62. The summed E-state index contributed by atoms with van der Waals surface area (Å²) in [5.74, 6) is -0.307. The number of carboxylic acids is 1. The van der Waals surface area contributed by atoms with Crippen LogP contribution in [0.3, 0.4) is 0 Å². The van der Waals surface area contributed by atoms with Gasteiger partial charge in [-0.3, -0.25) is 9.69 Å². The predicted molar refractivity (Wildman–Crippen MR) is 77.8 cm³/mol. The summed E-state index contributed by atoms with van der Waals surface area (Å²) in [5.41, 5.74) is 1.05. The lowest BCUT2D eigenvalue weighted by molar-refractivity contribution is -0.136. The number of carboxylic acid groups (broad SMARTS) is 1. The average Bonchev–Trinajstić information content (AvgIpc) is 2.41. The van der Waals surface area contributed by atoms with E-state index in [9.17, 15) is 4.79 Å². The first kappa shape index (κ1) is 15.2. The molecular weight excluding hydrogens is 278 g/mol. The fraction of sp³-hybridized carbons (Fsp3) is 0.571. The molecular formula is C14H20ClN3O2. The van der Waals surface area contributed by atoms with Crippen LogP contribution in [0.25, 0.3) is 0 Å². The van der Waals surface area contributed by atoms with Crippen LogP contribution in [0.2, 0.25) is 5.15 Å². The highest BCUT2D eigenvalue weighted by atomic mass is 35.5. The van der Waals surface area contributed by atoms with Crippen LogP contribution in [0.15, 0.2) is 18.3 Å². The van der Waals surface area contributed by atoms with E-state index in [0.717, 1.165) is 44.6 Å². The van der Waals surface area contributed by atoms with Gasteiger partial charge in [-0.2, -0.15) is 0 Å². The number of aromatic nitrogens is 1. The number of pyridine rings is 1. The van der Waals surface area contributed by atoms with E-state index in [0.29, 0.717) is 11.1 Å². The van der Waals surface area contributed by atoms with Crippen LogP contribution in [0, 0.1) is 5.92 Å². The third kappa shape index (κ3) is 4.74. The SMILES string of the molecule is O=C(O)CNCC1CCCN(Cc2cccnc2Cl)C1. The van der Waals surface area contributed by atoms with E-state index < -0.39 is 5.97 Å². The quantitative estimate of drug-likeness (QED) is 0.781. The Morgan fingerprint density at radius 2 is 2.45 bits per heavy atom.